The van der Waals surface area contributed by atoms with Crippen LogP contribution in [-0.4, -0.2) is 36.6 Å². The summed E-state index contributed by atoms with van der Waals surface area (Å²) in [5.41, 5.74) is 0. The van der Waals surface area contributed by atoms with E-state index in [4.69, 9.17) is 10.2 Å². The van der Waals surface area contributed by atoms with Gasteiger partial charge in [0.2, 0.25) is 10.0 Å². The molecule has 0 spiro atoms. The van der Waals surface area contributed by atoms with Crippen LogP contribution in [0.4, 0.5) is 0 Å². The van der Waals surface area contributed by atoms with Crippen LogP contribution >= 0.6 is 22.6 Å². The Morgan fingerprint density at radius 3 is 2.20 bits per heavy atom. The zero-order valence-corrected chi connectivity index (χ0v) is 13.1. The molecule has 1 aromatic rings. The third kappa shape index (κ3) is 5.06. The van der Waals surface area contributed by atoms with Crippen LogP contribution in [0.5, 0.6) is 0 Å². The molecule has 7 nitrogen and oxygen atoms in total. The maximum Gasteiger partial charge on any atom is 0.321 e. The molecule has 0 saturated carbocycles. The first-order valence-electron chi connectivity index (χ1n) is 5.45. The number of carboxylic acids is 2. The second-order valence-electron chi connectivity index (χ2n) is 3.90. The summed E-state index contributed by atoms with van der Waals surface area (Å²) in [6.45, 7) is 0. The Hall–Kier alpha value is -1.20. The quantitative estimate of drug-likeness (QED) is 0.571. The molecule has 0 aliphatic rings. The second kappa shape index (κ2) is 6.99. The van der Waals surface area contributed by atoms with E-state index in [2.05, 4.69) is 0 Å². The number of sulfonamides is 1. The van der Waals surface area contributed by atoms with Crippen LogP contribution < -0.4 is 4.72 Å². The van der Waals surface area contributed by atoms with E-state index in [0.717, 1.165) is 3.57 Å². The van der Waals surface area contributed by atoms with Crippen molar-refractivity contribution >= 4 is 44.6 Å². The van der Waals surface area contributed by atoms with E-state index in [-0.39, 0.29) is 11.3 Å². The Morgan fingerprint density at radius 1 is 1.20 bits per heavy atom. The molecule has 0 fully saturated rings. The van der Waals surface area contributed by atoms with Gasteiger partial charge in [0.15, 0.2) is 0 Å². The van der Waals surface area contributed by atoms with Gasteiger partial charge < -0.3 is 10.2 Å². The number of rotatable bonds is 7. The first-order valence-corrected chi connectivity index (χ1v) is 8.01. The average molecular weight is 413 g/mol. The van der Waals surface area contributed by atoms with E-state index < -0.39 is 34.4 Å². The van der Waals surface area contributed by atoms with E-state index in [9.17, 15) is 18.0 Å². The Balaban J connectivity index is 2.88. The minimum absolute atomic E-state index is 0.0699. The zero-order valence-electron chi connectivity index (χ0n) is 10.1. The predicted molar refractivity (Wildman–Crippen MR) is 77.8 cm³/mol. The molecule has 0 radical (unpaired) electrons. The number of hydrogen-bond acceptors (Lipinski definition) is 4. The van der Waals surface area contributed by atoms with Crippen molar-refractivity contribution < 1.29 is 28.2 Å². The Bertz CT molecular complexity index is 598. The molecular weight excluding hydrogens is 401 g/mol. The standard InChI is InChI=1S/C11H12INO6S/c12-7-1-3-8(4-2-7)20(18,19)13-9(11(16)17)5-6-10(14)15/h1-4,9,13H,5-6H2,(H,14,15)(H,16,17). The molecule has 1 unspecified atom stereocenters. The maximum atomic E-state index is 12.0. The predicted octanol–water partition coefficient (Wildman–Crippen LogP) is 0.888. The van der Waals surface area contributed by atoms with Crippen LogP contribution in [0.1, 0.15) is 12.8 Å². The SMILES string of the molecule is O=C(O)CCC(NS(=O)(=O)c1ccc(I)cc1)C(=O)O. The van der Waals surface area contributed by atoms with Gasteiger partial charge in [-0.15, -0.1) is 0 Å². The summed E-state index contributed by atoms with van der Waals surface area (Å²) in [6, 6.07) is 4.36. The van der Waals surface area contributed by atoms with Crippen molar-refractivity contribution in [2.45, 2.75) is 23.8 Å². The highest BCUT2D eigenvalue weighted by molar-refractivity contribution is 14.1. The van der Waals surface area contributed by atoms with Crippen molar-refractivity contribution in [3.63, 3.8) is 0 Å². The number of benzene rings is 1. The molecule has 1 aromatic carbocycles. The molecule has 1 rings (SSSR count). The molecule has 0 aromatic heterocycles. The lowest BCUT2D eigenvalue weighted by Crippen LogP contribution is -2.41. The minimum atomic E-state index is -4.00. The van der Waals surface area contributed by atoms with Gasteiger partial charge in [-0.05, 0) is 53.3 Å². The van der Waals surface area contributed by atoms with Gasteiger partial charge in [-0.2, -0.15) is 4.72 Å². The molecule has 20 heavy (non-hydrogen) atoms. The number of carboxylic acid groups (broad SMARTS) is 2. The number of hydrogen-bond donors (Lipinski definition) is 3. The second-order valence-corrected chi connectivity index (χ2v) is 6.86. The summed E-state index contributed by atoms with van der Waals surface area (Å²) in [7, 11) is -4.00. The highest BCUT2D eigenvalue weighted by Crippen LogP contribution is 2.13. The topological polar surface area (TPSA) is 121 Å². The number of halogens is 1. The molecule has 0 aliphatic carbocycles. The van der Waals surface area contributed by atoms with Crippen molar-refractivity contribution in [3.05, 3.63) is 27.8 Å². The highest BCUT2D eigenvalue weighted by Gasteiger charge is 2.25. The molecule has 9 heteroatoms. The van der Waals surface area contributed by atoms with Gasteiger partial charge in [-0.3, -0.25) is 9.59 Å². The summed E-state index contributed by atoms with van der Waals surface area (Å²) in [4.78, 5) is 21.3. The molecule has 0 bridgehead atoms. The summed E-state index contributed by atoms with van der Waals surface area (Å²) in [6.07, 6.45) is -0.763. The fourth-order valence-electron chi connectivity index (χ4n) is 1.37. The maximum absolute atomic E-state index is 12.0. The van der Waals surface area contributed by atoms with Crippen LogP contribution in [0.2, 0.25) is 0 Å². The molecule has 3 N–H and O–H groups in total. The zero-order chi connectivity index (χ0) is 15.3. The van der Waals surface area contributed by atoms with Crippen molar-refractivity contribution in [1.29, 1.82) is 0 Å². The van der Waals surface area contributed by atoms with E-state index in [1.54, 1.807) is 12.1 Å². The van der Waals surface area contributed by atoms with Crippen molar-refractivity contribution in [3.8, 4) is 0 Å². The van der Waals surface area contributed by atoms with Crippen LogP contribution in [0.25, 0.3) is 0 Å². The van der Waals surface area contributed by atoms with Crippen LogP contribution in [0.3, 0.4) is 0 Å². The van der Waals surface area contributed by atoms with E-state index in [1.807, 2.05) is 27.3 Å². The van der Waals surface area contributed by atoms with E-state index in [0.29, 0.717) is 0 Å². The van der Waals surface area contributed by atoms with Crippen LogP contribution in [0, 0.1) is 3.57 Å². The number of carbonyl (C=O) groups is 2. The average Bonchev–Trinajstić information content (AvgIpc) is 2.34. The van der Waals surface area contributed by atoms with Gasteiger partial charge in [-0.25, -0.2) is 8.42 Å². The lowest BCUT2D eigenvalue weighted by atomic mass is 10.2. The van der Waals surface area contributed by atoms with Gasteiger partial charge in [0.25, 0.3) is 0 Å². The highest BCUT2D eigenvalue weighted by atomic mass is 127. The summed E-state index contributed by atoms with van der Waals surface area (Å²) in [5, 5.41) is 17.4. The number of aliphatic carboxylic acids is 2. The van der Waals surface area contributed by atoms with E-state index >= 15 is 0 Å². The molecule has 1 atom stereocenters. The third-order valence-electron chi connectivity index (χ3n) is 2.37. The smallest absolute Gasteiger partial charge is 0.321 e. The minimum Gasteiger partial charge on any atom is -0.481 e. The van der Waals surface area contributed by atoms with Gasteiger partial charge in [0.1, 0.15) is 6.04 Å². The van der Waals surface area contributed by atoms with Crippen LogP contribution in [0.15, 0.2) is 29.2 Å². The Kier molecular flexibility index (Phi) is 5.89. The van der Waals surface area contributed by atoms with Crippen molar-refractivity contribution in [2.24, 2.45) is 0 Å². The Morgan fingerprint density at radius 2 is 1.75 bits per heavy atom. The number of nitrogens with one attached hydrogen (secondary N) is 1. The summed E-state index contributed by atoms with van der Waals surface area (Å²) in [5.74, 6) is -2.61. The van der Waals surface area contributed by atoms with Crippen LogP contribution in [-0.2, 0) is 19.6 Å². The monoisotopic (exact) mass is 413 g/mol. The molecular formula is C11H12INO6S. The molecule has 0 aliphatic heterocycles. The third-order valence-corrected chi connectivity index (χ3v) is 4.57. The first kappa shape index (κ1) is 16.9. The summed E-state index contributed by atoms with van der Waals surface area (Å²) >= 11 is 2.01. The lowest BCUT2D eigenvalue weighted by molar-refractivity contribution is -0.140. The lowest BCUT2D eigenvalue weighted by Gasteiger charge is -2.13. The first-order chi connectivity index (χ1) is 9.22. The fourth-order valence-corrected chi connectivity index (χ4v) is 2.95. The molecule has 0 heterocycles. The van der Waals surface area contributed by atoms with Gasteiger partial charge in [0, 0.05) is 9.99 Å². The van der Waals surface area contributed by atoms with Gasteiger partial charge in [0.05, 0.1) is 4.90 Å². The Labute approximate surface area is 129 Å². The van der Waals surface area contributed by atoms with Gasteiger partial charge >= 0.3 is 11.9 Å². The molecule has 0 amide bonds. The fraction of sp³-hybridized carbons (Fsp3) is 0.273. The largest absolute Gasteiger partial charge is 0.481 e. The van der Waals surface area contributed by atoms with E-state index in [1.165, 1.54) is 12.1 Å². The van der Waals surface area contributed by atoms with Gasteiger partial charge in [-0.1, -0.05) is 0 Å². The van der Waals surface area contributed by atoms with Crippen molar-refractivity contribution in [1.82, 2.24) is 4.72 Å². The summed E-state index contributed by atoms with van der Waals surface area (Å²) < 4.78 is 26.8. The normalized spacial score (nSPS) is 12.8. The molecule has 0 saturated heterocycles. The van der Waals surface area contributed by atoms with Crippen molar-refractivity contribution in [2.75, 3.05) is 0 Å². The molecule has 110 valence electrons.